The van der Waals surface area contributed by atoms with Gasteiger partial charge in [-0.2, -0.15) is 0 Å². The molecule has 4 aromatic rings. The number of nitrogens with one attached hydrogen (secondary N) is 2. The van der Waals surface area contributed by atoms with Gasteiger partial charge in [0.05, 0.1) is 11.4 Å². The van der Waals surface area contributed by atoms with Gasteiger partial charge >= 0.3 is 12.2 Å². The van der Waals surface area contributed by atoms with Crippen molar-refractivity contribution in [2.45, 2.75) is 90.0 Å². The summed E-state index contributed by atoms with van der Waals surface area (Å²) in [6.07, 6.45) is 2.42. The standard InChI is InChI=1S/C44H48N2O4Si2/c1-51(2,3)33-31-37(49-43(47)45-41-29-19-23-35-21-15-17-27-39(35)41)25-13-11-9-7-8-10-12-14-26-38(32-34-52(4,5)6)50-44(48)46-42-30-20-24-36-22-16-18-28-40(36)42/h15-24,27-30,37-38H,7-12H2,1-6H3,(H,45,47)(H,46,48)/t37-,38-/m1/s1. The van der Waals surface area contributed by atoms with E-state index in [4.69, 9.17) is 9.47 Å². The Morgan fingerprint density at radius 2 is 0.923 bits per heavy atom. The summed E-state index contributed by atoms with van der Waals surface area (Å²) in [6, 6.07) is 27.2. The van der Waals surface area contributed by atoms with E-state index in [2.05, 4.69) is 96.5 Å². The molecule has 4 aromatic carbocycles. The molecular formula is C44H48N2O4Si2. The zero-order valence-corrected chi connectivity index (χ0v) is 33.1. The largest absolute Gasteiger partial charge is 0.421 e. The van der Waals surface area contributed by atoms with Crippen LogP contribution in [-0.4, -0.2) is 40.5 Å². The number of rotatable bonds is 9. The fourth-order valence-corrected chi connectivity index (χ4v) is 6.15. The van der Waals surface area contributed by atoms with Crippen molar-refractivity contribution in [1.29, 1.82) is 0 Å². The van der Waals surface area contributed by atoms with Crippen molar-refractivity contribution < 1.29 is 19.1 Å². The summed E-state index contributed by atoms with van der Waals surface area (Å²) >= 11 is 0. The lowest BCUT2D eigenvalue weighted by Crippen LogP contribution is -2.22. The molecule has 0 bridgehead atoms. The van der Waals surface area contributed by atoms with Crippen molar-refractivity contribution in [2.75, 3.05) is 10.6 Å². The lowest BCUT2D eigenvalue weighted by Gasteiger charge is -2.12. The average Bonchev–Trinajstić information content (AvgIpc) is 3.09. The molecular weight excluding hydrogens is 677 g/mol. The molecule has 266 valence electrons. The lowest BCUT2D eigenvalue weighted by atomic mass is 10.1. The second-order valence-corrected chi connectivity index (χ2v) is 24.0. The summed E-state index contributed by atoms with van der Waals surface area (Å²) in [4.78, 5) is 25.7. The van der Waals surface area contributed by atoms with Gasteiger partial charge in [-0.15, -0.1) is 11.1 Å². The van der Waals surface area contributed by atoms with Crippen molar-refractivity contribution in [3.63, 3.8) is 0 Å². The molecule has 0 aliphatic carbocycles. The maximum absolute atomic E-state index is 12.8. The second-order valence-electron chi connectivity index (χ2n) is 14.5. The molecule has 0 spiro atoms. The molecule has 0 aromatic heterocycles. The molecule has 2 N–H and O–H groups in total. The van der Waals surface area contributed by atoms with Gasteiger partial charge in [0, 0.05) is 23.6 Å². The average molecular weight is 725 g/mol. The lowest BCUT2D eigenvalue weighted by molar-refractivity contribution is 0.157. The van der Waals surface area contributed by atoms with Crippen molar-refractivity contribution in [3.8, 4) is 46.6 Å². The van der Waals surface area contributed by atoms with E-state index >= 15 is 0 Å². The van der Waals surface area contributed by atoms with Crippen LogP contribution in [-0.2, 0) is 9.47 Å². The molecule has 52 heavy (non-hydrogen) atoms. The highest BCUT2D eigenvalue weighted by atomic mass is 28.3. The number of hydrogen-bond donors (Lipinski definition) is 2. The Bertz CT molecular complexity index is 1960. The van der Waals surface area contributed by atoms with Gasteiger partial charge in [0.15, 0.2) is 0 Å². The van der Waals surface area contributed by atoms with Gasteiger partial charge in [-0.25, -0.2) is 9.59 Å². The van der Waals surface area contributed by atoms with Crippen molar-refractivity contribution >= 4 is 61.3 Å². The number of fused-ring (bicyclic) bond motifs is 2. The molecule has 2 atom stereocenters. The number of benzene rings is 4. The van der Waals surface area contributed by atoms with Gasteiger partial charge in [-0.05, 0) is 47.6 Å². The molecule has 8 heteroatoms. The van der Waals surface area contributed by atoms with E-state index in [0.29, 0.717) is 24.2 Å². The molecule has 4 rings (SSSR count). The van der Waals surface area contributed by atoms with Crippen LogP contribution in [0.4, 0.5) is 21.0 Å². The summed E-state index contributed by atoms with van der Waals surface area (Å²) in [5.74, 6) is 18.7. The molecule has 0 fully saturated rings. The highest BCUT2D eigenvalue weighted by molar-refractivity contribution is 6.84. The molecule has 0 aliphatic heterocycles. The van der Waals surface area contributed by atoms with Crippen LogP contribution in [0.15, 0.2) is 84.9 Å². The van der Waals surface area contributed by atoms with Gasteiger partial charge in [-0.3, -0.25) is 10.6 Å². The Balaban J connectivity index is 1.24. The fourth-order valence-electron chi connectivity index (χ4n) is 5.03. The zero-order valence-electron chi connectivity index (χ0n) is 31.1. The zero-order chi connectivity index (χ0) is 37.4. The summed E-state index contributed by atoms with van der Waals surface area (Å²) in [5.41, 5.74) is 7.93. The fraction of sp³-hybridized carbons (Fsp3) is 0.318. The summed E-state index contributed by atoms with van der Waals surface area (Å²) < 4.78 is 11.3. The van der Waals surface area contributed by atoms with Crippen LogP contribution in [0, 0.1) is 46.6 Å². The quantitative estimate of drug-likeness (QED) is 0.102. The highest BCUT2D eigenvalue weighted by Gasteiger charge is 2.15. The van der Waals surface area contributed by atoms with E-state index in [1.54, 1.807) is 0 Å². The third-order valence-electron chi connectivity index (χ3n) is 7.48. The number of amides is 2. The monoisotopic (exact) mass is 724 g/mol. The number of hydrogen-bond acceptors (Lipinski definition) is 4. The van der Waals surface area contributed by atoms with Gasteiger partial charge in [0.25, 0.3) is 0 Å². The smallest absolute Gasteiger partial charge is 0.413 e. The minimum atomic E-state index is -1.70. The first-order valence-corrected chi connectivity index (χ1v) is 24.8. The van der Waals surface area contributed by atoms with Gasteiger partial charge in [-0.1, -0.05) is 149 Å². The Labute approximate surface area is 311 Å². The first-order valence-electron chi connectivity index (χ1n) is 17.8. The number of anilines is 2. The molecule has 0 saturated heterocycles. The van der Waals surface area contributed by atoms with E-state index in [1.165, 1.54) is 0 Å². The van der Waals surface area contributed by atoms with E-state index in [-0.39, 0.29) is 0 Å². The van der Waals surface area contributed by atoms with Crippen LogP contribution < -0.4 is 10.6 Å². The first-order chi connectivity index (χ1) is 24.9. The van der Waals surface area contributed by atoms with Crippen LogP contribution in [0.1, 0.15) is 38.5 Å². The Morgan fingerprint density at radius 3 is 1.33 bits per heavy atom. The predicted molar refractivity (Wildman–Crippen MR) is 221 cm³/mol. The van der Waals surface area contributed by atoms with E-state index in [1.807, 2.05) is 84.9 Å². The van der Waals surface area contributed by atoms with Crippen LogP contribution >= 0.6 is 0 Å². The molecule has 6 nitrogen and oxygen atoms in total. The van der Waals surface area contributed by atoms with Crippen LogP contribution in [0.3, 0.4) is 0 Å². The van der Waals surface area contributed by atoms with E-state index in [9.17, 15) is 9.59 Å². The predicted octanol–water partition coefficient (Wildman–Crippen LogP) is 10.6. The number of carbonyl (C=O) groups excluding carboxylic acids is 2. The van der Waals surface area contributed by atoms with Crippen LogP contribution in [0.2, 0.25) is 39.3 Å². The Hall–Kier alpha value is -5.39. The van der Waals surface area contributed by atoms with Gasteiger partial charge in [0.2, 0.25) is 12.2 Å². The van der Waals surface area contributed by atoms with Crippen molar-refractivity contribution in [2.24, 2.45) is 0 Å². The normalized spacial score (nSPS) is 11.9. The maximum Gasteiger partial charge on any atom is 0.413 e. The number of unbranched alkanes of at least 4 members (excludes halogenated alkanes) is 5. The summed E-state index contributed by atoms with van der Waals surface area (Å²) in [5, 5.41) is 9.67. The van der Waals surface area contributed by atoms with E-state index in [0.717, 1.165) is 47.2 Å². The summed E-state index contributed by atoms with van der Waals surface area (Å²) in [6.45, 7) is 12.9. The second kappa shape index (κ2) is 19.3. The highest BCUT2D eigenvalue weighted by Crippen LogP contribution is 2.24. The maximum atomic E-state index is 12.8. The van der Waals surface area contributed by atoms with Crippen molar-refractivity contribution in [3.05, 3.63) is 84.9 Å². The first kappa shape index (κ1) is 39.4. The minimum absolute atomic E-state index is 0.578. The number of ether oxygens (including phenoxy) is 2. The summed E-state index contributed by atoms with van der Waals surface area (Å²) in [7, 11) is -3.39. The molecule has 0 aliphatic rings. The molecule has 0 unspecified atom stereocenters. The molecule has 0 heterocycles. The van der Waals surface area contributed by atoms with Gasteiger partial charge < -0.3 is 9.47 Å². The molecule has 0 radical (unpaired) electrons. The van der Waals surface area contributed by atoms with E-state index < -0.39 is 40.5 Å². The molecule has 0 saturated carbocycles. The van der Waals surface area contributed by atoms with Gasteiger partial charge in [0.1, 0.15) is 16.1 Å². The van der Waals surface area contributed by atoms with Crippen LogP contribution in [0.5, 0.6) is 0 Å². The topological polar surface area (TPSA) is 76.7 Å². The third kappa shape index (κ3) is 14.1. The minimum Gasteiger partial charge on any atom is -0.421 e. The molecule has 2 amide bonds. The SMILES string of the molecule is C[Si](C)(C)C#C[C@@H](C#CCCCCCCC#C[C@H](C#C[Si](C)(C)C)OC(=O)Nc1cccc2ccccc12)OC(=O)Nc1cccc2ccccc12. The Morgan fingerprint density at radius 1 is 0.538 bits per heavy atom. The number of carbonyl (C=O) groups is 2. The van der Waals surface area contributed by atoms with Crippen LogP contribution in [0.25, 0.3) is 21.5 Å². The third-order valence-corrected chi connectivity index (χ3v) is 9.27. The Kier molecular flexibility index (Phi) is 14.6. The van der Waals surface area contributed by atoms with Crippen molar-refractivity contribution in [1.82, 2.24) is 0 Å².